The first-order valence-electron chi connectivity index (χ1n) is 7.30. The molecule has 22 heavy (non-hydrogen) atoms. The fourth-order valence-corrected chi connectivity index (χ4v) is 2.07. The second-order valence-electron chi connectivity index (χ2n) is 5.09. The molecule has 3 N–H and O–H groups in total. The van der Waals surface area contributed by atoms with Crippen LogP contribution in [-0.2, 0) is 18.3 Å². The number of rotatable bonds is 7. The van der Waals surface area contributed by atoms with Crippen LogP contribution in [-0.4, -0.2) is 28.8 Å². The zero-order valence-corrected chi connectivity index (χ0v) is 13.0. The molecule has 1 aromatic heterocycles. The van der Waals surface area contributed by atoms with Crippen molar-refractivity contribution in [2.75, 3.05) is 18.5 Å². The second kappa shape index (κ2) is 7.61. The third-order valence-electron chi connectivity index (χ3n) is 3.48. The van der Waals surface area contributed by atoms with Crippen LogP contribution in [0.3, 0.4) is 0 Å². The molecule has 6 heteroatoms. The Balaban J connectivity index is 1.82. The van der Waals surface area contributed by atoms with E-state index in [2.05, 4.69) is 10.4 Å². The average molecular weight is 302 g/mol. The lowest BCUT2D eigenvalue weighted by molar-refractivity contribution is -0.116. The highest BCUT2D eigenvalue weighted by atomic mass is 16.5. The van der Waals surface area contributed by atoms with E-state index in [0.29, 0.717) is 26.0 Å². The Morgan fingerprint density at radius 2 is 2.09 bits per heavy atom. The van der Waals surface area contributed by atoms with Gasteiger partial charge in [0.2, 0.25) is 5.91 Å². The zero-order chi connectivity index (χ0) is 15.9. The van der Waals surface area contributed by atoms with Crippen molar-refractivity contribution in [3.63, 3.8) is 0 Å². The summed E-state index contributed by atoms with van der Waals surface area (Å²) in [5.41, 5.74) is 8.33. The molecule has 118 valence electrons. The number of aromatic nitrogens is 2. The number of aryl methyl sites for hydroxylation is 2. The van der Waals surface area contributed by atoms with Gasteiger partial charge in [0.15, 0.2) is 0 Å². The van der Waals surface area contributed by atoms with Crippen LogP contribution >= 0.6 is 0 Å². The lowest BCUT2D eigenvalue weighted by atomic mass is 10.1. The number of nitrogens with one attached hydrogen (secondary N) is 1. The average Bonchev–Trinajstić information content (AvgIpc) is 2.84. The molecule has 0 saturated heterocycles. The number of amides is 1. The maximum absolute atomic E-state index is 12.0. The van der Waals surface area contributed by atoms with Gasteiger partial charge < -0.3 is 15.8 Å². The quantitative estimate of drug-likeness (QED) is 0.814. The summed E-state index contributed by atoms with van der Waals surface area (Å²) < 4.78 is 7.20. The number of benzene rings is 1. The van der Waals surface area contributed by atoms with Crippen molar-refractivity contribution in [2.45, 2.75) is 19.8 Å². The van der Waals surface area contributed by atoms with E-state index in [1.165, 1.54) is 0 Å². The lowest BCUT2D eigenvalue weighted by Crippen LogP contribution is -2.13. The summed E-state index contributed by atoms with van der Waals surface area (Å²) in [5.74, 6) is 0.730. The number of anilines is 1. The molecule has 0 atom stereocenters. The van der Waals surface area contributed by atoms with Crippen molar-refractivity contribution in [1.29, 1.82) is 0 Å². The van der Waals surface area contributed by atoms with Crippen LogP contribution in [0.1, 0.15) is 17.7 Å². The molecule has 0 aliphatic rings. The van der Waals surface area contributed by atoms with Gasteiger partial charge in [0.05, 0.1) is 6.20 Å². The smallest absolute Gasteiger partial charge is 0.224 e. The minimum atomic E-state index is -0.0149. The summed E-state index contributed by atoms with van der Waals surface area (Å²) in [5, 5.41) is 7.05. The van der Waals surface area contributed by atoms with Crippen molar-refractivity contribution in [1.82, 2.24) is 9.78 Å². The van der Waals surface area contributed by atoms with Crippen LogP contribution in [0.4, 0.5) is 5.69 Å². The molecule has 0 radical (unpaired) electrons. The van der Waals surface area contributed by atoms with E-state index >= 15 is 0 Å². The van der Waals surface area contributed by atoms with Crippen LogP contribution < -0.4 is 15.8 Å². The fourth-order valence-electron chi connectivity index (χ4n) is 2.07. The molecular formula is C16H22N4O2. The first-order valence-corrected chi connectivity index (χ1v) is 7.30. The fraction of sp³-hybridized carbons (Fsp3) is 0.375. The molecule has 1 heterocycles. The monoisotopic (exact) mass is 302 g/mol. The molecule has 0 saturated carbocycles. The van der Waals surface area contributed by atoms with Gasteiger partial charge in [-0.15, -0.1) is 0 Å². The highest BCUT2D eigenvalue weighted by molar-refractivity contribution is 5.90. The molecule has 1 amide bonds. The summed E-state index contributed by atoms with van der Waals surface area (Å²) in [6, 6.07) is 7.27. The highest BCUT2D eigenvalue weighted by Gasteiger charge is 2.07. The van der Waals surface area contributed by atoms with Gasteiger partial charge in [-0.05, 0) is 43.2 Å². The Kier molecular flexibility index (Phi) is 5.55. The van der Waals surface area contributed by atoms with E-state index in [1.54, 1.807) is 0 Å². The number of nitrogens with zero attached hydrogens (tertiary/aromatic N) is 2. The maximum atomic E-state index is 12.0. The third kappa shape index (κ3) is 4.33. The van der Waals surface area contributed by atoms with E-state index in [1.807, 2.05) is 49.1 Å². The summed E-state index contributed by atoms with van der Waals surface area (Å²) in [6.45, 7) is 2.96. The molecule has 1 aromatic carbocycles. The molecule has 0 aliphatic carbocycles. The van der Waals surface area contributed by atoms with E-state index in [4.69, 9.17) is 10.5 Å². The minimum absolute atomic E-state index is 0.0149. The largest absolute Gasteiger partial charge is 0.492 e. The Labute approximate surface area is 130 Å². The van der Waals surface area contributed by atoms with Crippen LogP contribution in [0.5, 0.6) is 5.75 Å². The van der Waals surface area contributed by atoms with Gasteiger partial charge in [0.1, 0.15) is 12.4 Å². The van der Waals surface area contributed by atoms with Crippen LogP contribution in [0.25, 0.3) is 0 Å². The Morgan fingerprint density at radius 3 is 2.68 bits per heavy atom. The highest BCUT2D eigenvalue weighted by Crippen LogP contribution is 2.16. The van der Waals surface area contributed by atoms with Gasteiger partial charge in [0, 0.05) is 31.4 Å². The predicted molar refractivity (Wildman–Crippen MR) is 85.9 cm³/mol. The van der Waals surface area contributed by atoms with Crippen molar-refractivity contribution >= 4 is 11.6 Å². The Hall–Kier alpha value is -2.34. The summed E-state index contributed by atoms with van der Waals surface area (Å²) in [6.07, 6.45) is 2.92. The predicted octanol–water partition coefficient (Wildman–Crippen LogP) is 1.64. The number of hydrogen-bond acceptors (Lipinski definition) is 4. The van der Waals surface area contributed by atoms with Gasteiger partial charge in [0.25, 0.3) is 0 Å². The summed E-state index contributed by atoms with van der Waals surface area (Å²) in [7, 11) is 1.90. The molecular weight excluding hydrogens is 280 g/mol. The first-order chi connectivity index (χ1) is 10.6. The molecule has 2 rings (SSSR count). The molecule has 0 spiro atoms. The third-order valence-corrected chi connectivity index (χ3v) is 3.48. The summed E-state index contributed by atoms with van der Waals surface area (Å²) >= 11 is 0. The van der Waals surface area contributed by atoms with Gasteiger partial charge >= 0.3 is 0 Å². The number of hydrogen-bond donors (Lipinski definition) is 2. The molecule has 0 unspecified atom stereocenters. The Morgan fingerprint density at radius 1 is 1.36 bits per heavy atom. The van der Waals surface area contributed by atoms with E-state index in [0.717, 1.165) is 22.7 Å². The standard InChI is InChI=1S/C16H22N4O2/c1-12-13(11-18-20(12)2)3-8-16(21)19-14-4-6-15(7-5-14)22-10-9-17/h4-7,11H,3,8-10,17H2,1-2H3,(H,19,21). The SMILES string of the molecule is Cc1c(CCC(=O)Nc2ccc(OCCN)cc2)cnn1C. The second-order valence-corrected chi connectivity index (χ2v) is 5.09. The number of ether oxygens (including phenoxy) is 1. The van der Waals surface area contributed by atoms with Crippen molar-refractivity contribution < 1.29 is 9.53 Å². The minimum Gasteiger partial charge on any atom is -0.492 e. The van der Waals surface area contributed by atoms with E-state index in [-0.39, 0.29) is 5.91 Å². The topological polar surface area (TPSA) is 82.2 Å². The number of carbonyl (C=O) groups is 1. The maximum Gasteiger partial charge on any atom is 0.224 e. The van der Waals surface area contributed by atoms with Gasteiger partial charge in [-0.3, -0.25) is 9.48 Å². The number of carbonyl (C=O) groups excluding carboxylic acids is 1. The Bertz CT molecular complexity index is 620. The molecule has 6 nitrogen and oxygen atoms in total. The molecule has 0 aliphatic heterocycles. The van der Waals surface area contributed by atoms with E-state index in [9.17, 15) is 4.79 Å². The normalized spacial score (nSPS) is 10.5. The molecule has 0 fully saturated rings. The van der Waals surface area contributed by atoms with Gasteiger partial charge in [-0.25, -0.2) is 0 Å². The zero-order valence-electron chi connectivity index (χ0n) is 13.0. The first kappa shape index (κ1) is 16.0. The van der Waals surface area contributed by atoms with E-state index < -0.39 is 0 Å². The molecule has 2 aromatic rings. The van der Waals surface area contributed by atoms with Crippen LogP contribution in [0.2, 0.25) is 0 Å². The van der Waals surface area contributed by atoms with Crippen LogP contribution in [0.15, 0.2) is 30.5 Å². The van der Waals surface area contributed by atoms with Crippen LogP contribution in [0, 0.1) is 6.92 Å². The number of nitrogens with two attached hydrogens (primary N) is 1. The molecule has 0 bridgehead atoms. The summed E-state index contributed by atoms with van der Waals surface area (Å²) in [4.78, 5) is 12.0. The van der Waals surface area contributed by atoms with Crippen molar-refractivity contribution in [3.8, 4) is 5.75 Å². The van der Waals surface area contributed by atoms with Gasteiger partial charge in [-0.2, -0.15) is 5.10 Å². The van der Waals surface area contributed by atoms with Crippen molar-refractivity contribution in [2.24, 2.45) is 12.8 Å². The van der Waals surface area contributed by atoms with Crippen molar-refractivity contribution in [3.05, 3.63) is 41.7 Å². The van der Waals surface area contributed by atoms with Gasteiger partial charge in [-0.1, -0.05) is 0 Å². The lowest BCUT2D eigenvalue weighted by Gasteiger charge is -2.07.